The van der Waals surface area contributed by atoms with Gasteiger partial charge in [-0.1, -0.05) is 19.0 Å². The van der Waals surface area contributed by atoms with E-state index in [4.69, 9.17) is 14.0 Å². The van der Waals surface area contributed by atoms with Crippen molar-refractivity contribution in [3.63, 3.8) is 0 Å². The van der Waals surface area contributed by atoms with E-state index >= 15 is 0 Å². The van der Waals surface area contributed by atoms with Gasteiger partial charge in [0, 0.05) is 56.6 Å². The number of ether oxygens (including phenoxy) is 2. The van der Waals surface area contributed by atoms with Crippen molar-refractivity contribution in [3.8, 4) is 5.75 Å². The number of aromatic nitrogens is 3. The molecular formula is C24H34N4O3. The van der Waals surface area contributed by atoms with E-state index in [1.165, 1.54) is 16.5 Å². The van der Waals surface area contributed by atoms with Gasteiger partial charge in [-0.25, -0.2) is 0 Å². The normalized spacial score (nSPS) is 15.9. The summed E-state index contributed by atoms with van der Waals surface area (Å²) in [5, 5.41) is 5.34. The second-order valence-corrected chi connectivity index (χ2v) is 8.95. The van der Waals surface area contributed by atoms with E-state index in [0.29, 0.717) is 25.0 Å². The van der Waals surface area contributed by atoms with Crippen LogP contribution >= 0.6 is 0 Å². The van der Waals surface area contributed by atoms with Crippen LogP contribution in [0, 0.1) is 5.92 Å². The number of hydrogen-bond acceptors (Lipinski definition) is 6. The van der Waals surface area contributed by atoms with Crippen molar-refractivity contribution in [2.24, 2.45) is 13.0 Å². The average molecular weight is 427 g/mol. The van der Waals surface area contributed by atoms with Crippen LogP contribution in [0.2, 0.25) is 0 Å². The van der Waals surface area contributed by atoms with Crippen LogP contribution in [0.15, 0.2) is 28.9 Å². The SMILES string of the molecule is COc1ccc2c(c1)c(CN1CCC(OCCc3noc(CC(C)C)n3)CC1)cn2C. The van der Waals surface area contributed by atoms with E-state index in [-0.39, 0.29) is 0 Å². The van der Waals surface area contributed by atoms with Gasteiger partial charge in [0.05, 0.1) is 19.8 Å². The lowest BCUT2D eigenvalue weighted by Gasteiger charge is -2.31. The second kappa shape index (κ2) is 9.83. The van der Waals surface area contributed by atoms with Crippen LogP contribution in [0.25, 0.3) is 10.9 Å². The zero-order valence-electron chi connectivity index (χ0n) is 19.1. The summed E-state index contributed by atoms with van der Waals surface area (Å²) in [6.45, 7) is 8.00. The van der Waals surface area contributed by atoms with Gasteiger partial charge in [0.2, 0.25) is 5.89 Å². The number of likely N-dealkylation sites (tertiary alicyclic amines) is 1. The van der Waals surface area contributed by atoms with Crippen molar-refractivity contribution in [2.75, 3.05) is 26.8 Å². The summed E-state index contributed by atoms with van der Waals surface area (Å²) >= 11 is 0. The molecule has 0 spiro atoms. The Kier molecular flexibility index (Phi) is 6.92. The fraction of sp³-hybridized carbons (Fsp3) is 0.583. The highest BCUT2D eigenvalue weighted by molar-refractivity contribution is 5.85. The molecule has 2 aromatic heterocycles. The number of rotatable bonds is 9. The van der Waals surface area contributed by atoms with Crippen LogP contribution in [-0.4, -0.2) is 52.5 Å². The maximum atomic E-state index is 6.11. The molecule has 7 heteroatoms. The first-order chi connectivity index (χ1) is 15.0. The monoisotopic (exact) mass is 426 g/mol. The van der Waals surface area contributed by atoms with E-state index in [1.807, 2.05) is 6.07 Å². The van der Waals surface area contributed by atoms with Crippen LogP contribution in [0.3, 0.4) is 0 Å². The molecule has 168 valence electrons. The number of benzene rings is 1. The Hall–Kier alpha value is -2.38. The first-order valence-electron chi connectivity index (χ1n) is 11.3. The van der Waals surface area contributed by atoms with Crippen molar-refractivity contribution >= 4 is 10.9 Å². The molecular weight excluding hydrogens is 392 g/mol. The van der Waals surface area contributed by atoms with Gasteiger partial charge in [0.15, 0.2) is 5.82 Å². The number of aryl methyl sites for hydroxylation is 1. The van der Waals surface area contributed by atoms with E-state index in [2.05, 4.69) is 58.8 Å². The van der Waals surface area contributed by atoms with E-state index in [0.717, 1.165) is 56.4 Å². The van der Waals surface area contributed by atoms with Crippen LogP contribution in [0.4, 0.5) is 0 Å². The van der Waals surface area contributed by atoms with E-state index in [1.54, 1.807) is 7.11 Å². The summed E-state index contributed by atoms with van der Waals surface area (Å²) in [5.74, 6) is 2.90. The fourth-order valence-electron chi connectivity index (χ4n) is 4.32. The first-order valence-corrected chi connectivity index (χ1v) is 11.3. The summed E-state index contributed by atoms with van der Waals surface area (Å²) in [7, 11) is 3.83. The molecule has 0 radical (unpaired) electrons. The van der Waals surface area contributed by atoms with Crippen molar-refractivity contribution in [2.45, 2.75) is 52.2 Å². The van der Waals surface area contributed by atoms with Crippen LogP contribution in [-0.2, 0) is 31.2 Å². The zero-order valence-corrected chi connectivity index (χ0v) is 19.1. The lowest BCUT2D eigenvalue weighted by molar-refractivity contribution is 0.00683. The molecule has 1 aliphatic rings. The predicted molar refractivity (Wildman–Crippen MR) is 120 cm³/mol. The van der Waals surface area contributed by atoms with Crippen molar-refractivity contribution in [1.82, 2.24) is 19.6 Å². The van der Waals surface area contributed by atoms with Crippen LogP contribution in [0.5, 0.6) is 5.75 Å². The van der Waals surface area contributed by atoms with Crippen molar-refractivity contribution in [3.05, 3.63) is 41.7 Å². The average Bonchev–Trinajstić information content (AvgIpc) is 3.32. The Morgan fingerprint density at radius 2 is 2.03 bits per heavy atom. The Morgan fingerprint density at radius 1 is 1.23 bits per heavy atom. The van der Waals surface area contributed by atoms with Gasteiger partial charge in [0.25, 0.3) is 0 Å². The molecule has 3 aromatic rings. The number of fused-ring (bicyclic) bond motifs is 1. The molecule has 0 N–H and O–H groups in total. The highest BCUT2D eigenvalue weighted by atomic mass is 16.5. The van der Waals surface area contributed by atoms with Gasteiger partial charge in [-0.2, -0.15) is 4.98 Å². The van der Waals surface area contributed by atoms with Gasteiger partial charge in [-0.3, -0.25) is 4.90 Å². The molecule has 7 nitrogen and oxygen atoms in total. The van der Waals surface area contributed by atoms with E-state index in [9.17, 15) is 0 Å². The first kappa shape index (κ1) is 21.8. The summed E-state index contributed by atoms with van der Waals surface area (Å²) in [6.07, 6.45) is 6.20. The number of piperidine rings is 1. The third kappa shape index (κ3) is 5.46. The van der Waals surface area contributed by atoms with Gasteiger partial charge in [-0.15, -0.1) is 0 Å². The zero-order chi connectivity index (χ0) is 21.8. The lowest BCUT2D eigenvalue weighted by atomic mass is 10.1. The third-order valence-electron chi connectivity index (χ3n) is 5.98. The Morgan fingerprint density at radius 3 is 2.77 bits per heavy atom. The predicted octanol–water partition coefficient (Wildman–Crippen LogP) is 3.99. The highest BCUT2D eigenvalue weighted by Crippen LogP contribution is 2.27. The number of nitrogens with zero attached hydrogens (tertiary/aromatic N) is 4. The molecule has 1 aromatic carbocycles. The van der Waals surface area contributed by atoms with Gasteiger partial charge in [0.1, 0.15) is 5.75 Å². The Labute approximate surface area is 184 Å². The minimum atomic E-state index is 0.311. The van der Waals surface area contributed by atoms with Crippen LogP contribution in [0.1, 0.15) is 44.0 Å². The molecule has 1 aliphatic heterocycles. The molecule has 4 rings (SSSR count). The van der Waals surface area contributed by atoms with Crippen LogP contribution < -0.4 is 4.74 Å². The minimum Gasteiger partial charge on any atom is -0.497 e. The fourth-order valence-corrected chi connectivity index (χ4v) is 4.32. The highest BCUT2D eigenvalue weighted by Gasteiger charge is 2.21. The van der Waals surface area contributed by atoms with E-state index < -0.39 is 0 Å². The van der Waals surface area contributed by atoms with Crippen molar-refractivity contribution < 1.29 is 14.0 Å². The maximum Gasteiger partial charge on any atom is 0.226 e. The van der Waals surface area contributed by atoms with Gasteiger partial charge < -0.3 is 18.6 Å². The molecule has 0 amide bonds. The summed E-state index contributed by atoms with van der Waals surface area (Å²) in [4.78, 5) is 6.97. The molecule has 31 heavy (non-hydrogen) atoms. The topological polar surface area (TPSA) is 65.6 Å². The lowest BCUT2D eigenvalue weighted by Crippen LogP contribution is -2.36. The number of methoxy groups -OCH3 is 1. The van der Waals surface area contributed by atoms with Gasteiger partial charge >= 0.3 is 0 Å². The third-order valence-corrected chi connectivity index (χ3v) is 5.98. The molecule has 1 fully saturated rings. The maximum absolute atomic E-state index is 6.11. The standard InChI is InChI=1S/C24H34N4O3/c1-17(2)13-24-25-23(26-31-24)9-12-30-19-7-10-28(11-8-19)16-18-15-27(3)22-6-5-20(29-4)14-21(18)22/h5-6,14-15,17,19H,7-13,16H2,1-4H3. The quantitative estimate of drug-likeness (QED) is 0.515. The summed E-state index contributed by atoms with van der Waals surface area (Å²) in [6, 6.07) is 6.30. The summed E-state index contributed by atoms with van der Waals surface area (Å²) in [5.41, 5.74) is 2.59. The van der Waals surface area contributed by atoms with Gasteiger partial charge in [-0.05, 0) is 42.5 Å². The summed E-state index contributed by atoms with van der Waals surface area (Å²) < 4.78 is 19.0. The molecule has 0 unspecified atom stereocenters. The number of hydrogen-bond donors (Lipinski definition) is 0. The molecule has 3 heterocycles. The Balaban J connectivity index is 1.24. The molecule has 1 saturated heterocycles. The Bertz CT molecular complexity index is 986. The largest absolute Gasteiger partial charge is 0.497 e. The molecule has 0 aliphatic carbocycles. The molecule has 0 saturated carbocycles. The van der Waals surface area contributed by atoms with Crippen molar-refractivity contribution in [1.29, 1.82) is 0 Å². The smallest absolute Gasteiger partial charge is 0.226 e. The molecule has 0 bridgehead atoms. The minimum absolute atomic E-state index is 0.311. The second-order valence-electron chi connectivity index (χ2n) is 8.95. The molecule has 0 atom stereocenters.